The van der Waals surface area contributed by atoms with Crippen LogP contribution in [0, 0.1) is 0 Å². The molecule has 2 aliphatic heterocycles. The average molecular weight is 254 g/mol. The lowest BCUT2D eigenvalue weighted by Crippen LogP contribution is -2.52. The van der Waals surface area contributed by atoms with Gasteiger partial charge in [-0.05, 0) is 45.2 Å². The number of nitrogens with one attached hydrogen (secondary N) is 1. The van der Waals surface area contributed by atoms with Crippen LogP contribution in [-0.4, -0.2) is 49.3 Å². The van der Waals surface area contributed by atoms with Crippen LogP contribution in [-0.2, 0) is 4.74 Å². The van der Waals surface area contributed by atoms with Gasteiger partial charge in [0, 0.05) is 25.2 Å². The smallest absolute Gasteiger partial charge is 0.0590 e. The summed E-state index contributed by atoms with van der Waals surface area (Å²) >= 11 is 0. The number of likely N-dealkylation sites (N-methyl/N-ethyl adjacent to an activating group) is 1. The Balaban J connectivity index is 1.89. The van der Waals surface area contributed by atoms with E-state index < -0.39 is 0 Å². The number of hydrogen-bond donors (Lipinski definition) is 1. The van der Waals surface area contributed by atoms with Crippen LogP contribution in [0.5, 0.6) is 0 Å². The van der Waals surface area contributed by atoms with Gasteiger partial charge in [-0.15, -0.1) is 0 Å². The number of hydrogen-bond acceptors (Lipinski definition) is 3. The monoisotopic (exact) mass is 254 g/mol. The largest absolute Gasteiger partial charge is 0.378 e. The fourth-order valence-electron chi connectivity index (χ4n) is 3.62. The van der Waals surface area contributed by atoms with Crippen LogP contribution >= 0.6 is 0 Å². The Labute approximate surface area is 112 Å². The molecule has 2 fully saturated rings. The van der Waals surface area contributed by atoms with Crippen LogP contribution in [0.1, 0.15) is 52.4 Å². The van der Waals surface area contributed by atoms with Crippen molar-refractivity contribution in [1.82, 2.24) is 10.2 Å². The van der Waals surface area contributed by atoms with E-state index in [0.717, 1.165) is 18.7 Å². The summed E-state index contributed by atoms with van der Waals surface area (Å²) in [5.74, 6) is 0. The zero-order chi connectivity index (χ0) is 12.8. The molecule has 2 saturated heterocycles. The van der Waals surface area contributed by atoms with Crippen LogP contribution in [0.4, 0.5) is 0 Å². The van der Waals surface area contributed by atoms with E-state index in [-0.39, 0.29) is 0 Å². The van der Waals surface area contributed by atoms with E-state index in [0.29, 0.717) is 6.10 Å². The van der Waals surface area contributed by atoms with Gasteiger partial charge in [0.15, 0.2) is 0 Å². The molecule has 3 heteroatoms. The second-order valence-corrected chi connectivity index (χ2v) is 5.79. The summed E-state index contributed by atoms with van der Waals surface area (Å²) in [6.45, 7) is 9.13. The first-order valence-corrected chi connectivity index (χ1v) is 7.93. The van der Waals surface area contributed by atoms with E-state index >= 15 is 0 Å². The lowest BCUT2D eigenvalue weighted by molar-refractivity contribution is -0.0409. The van der Waals surface area contributed by atoms with E-state index in [1.54, 1.807) is 0 Å². The molecule has 3 nitrogen and oxygen atoms in total. The quantitative estimate of drug-likeness (QED) is 0.815. The van der Waals surface area contributed by atoms with E-state index in [9.17, 15) is 0 Å². The molecule has 2 rings (SSSR count). The van der Waals surface area contributed by atoms with Crippen LogP contribution < -0.4 is 5.32 Å². The zero-order valence-corrected chi connectivity index (χ0v) is 12.2. The van der Waals surface area contributed by atoms with Crippen LogP contribution in [0.2, 0.25) is 0 Å². The molecule has 0 aromatic carbocycles. The van der Waals surface area contributed by atoms with E-state index in [4.69, 9.17) is 4.74 Å². The highest BCUT2D eigenvalue weighted by Gasteiger charge is 2.30. The molecule has 3 unspecified atom stereocenters. The van der Waals surface area contributed by atoms with Gasteiger partial charge in [-0.25, -0.2) is 0 Å². The molecule has 1 N–H and O–H groups in total. The summed E-state index contributed by atoms with van der Waals surface area (Å²) < 4.78 is 5.89. The summed E-state index contributed by atoms with van der Waals surface area (Å²) in [5, 5.41) is 3.55. The minimum Gasteiger partial charge on any atom is -0.378 e. The Morgan fingerprint density at radius 1 is 1.22 bits per heavy atom. The lowest BCUT2D eigenvalue weighted by Gasteiger charge is -2.43. The standard InChI is InChI=1S/C15H30N2O/c1-3-6-15-11-13(8-10-18-15)17(4-2)14-7-5-9-16-12-14/h13-16H,3-12H2,1-2H3. The first-order chi connectivity index (χ1) is 8.85. The molecule has 0 aliphatic carbocycles. The zero-order valence-electron chi connectivity index (χ0n) is 12.2. The molecule has 3 atom stereocenters. The maximum Gasteiger partial charge on any atom is 0.0590 e. The van der Waals surface area contributed by atoms with Gasteiger partial charge in [0.25, 0.3) is 0 Å². The Bertz CT molecular complexity index is 227. The molecule has 0 spiro atoms. The van der Waals surface area contributed by atoms with Gasteiger partial charge < -0.3 is 10.1 Å². The maximum atomic E-state index is 5.89. The second-order valence-electron chi connectivity index (χ2n) is 5.79. The van der Waals surface area contributed by atoms with Gasteiger partial charge in [0.1, 0.15) is 0 Å². The fourth-order valence-corrected chi connectivity index (χ4v) is 3.62. The fraction of sp³-hybridized carbons (Fsp3) is 1.00. The molecular formula is C15H30N2O. The van der Waals surface area contributed by atoms with Crippen LogP contribution in [0.15, 0.2) is 0 Å². The highest BCUT2D eigenvalue weighted by atomic mass is 16.5. The number of rotatable bonds is 5. The summed E-state index contributed by atoms with van der Waals surface area (Å²) in [4.78, 5) is 2.75. The SMILES string of the molecule is CCCC1CC(N(CC)C2CCCNC2)CCO1. The molecule has 2 heterocycles. The highest BCUT2D eigenvalue weighted by Crippen LogP contribution is 2.25. The molecule has 18 heavy (non-hydrogen) atoms. The summed E-state index contributed by atoms with van der Waals surface area (Å²) in [6.07, 6.45) is 8.17. The second kappa shape index (κ2) is 7.46. The van der Waals surface area contributed by atoms with E-state index in [2.05, 4.69) is 24.1 Å². The van der Waals surface area contributed by atoms with Gasteiger partial charge >= 0.3 is 0 Å². The molecule has 0 bridgehead atoms. The Kier molecular flexibility index (Phi) is 5.93. The van der Waals surface area contributed by atoms with Crippen molar-refractivity contribution in [2.45, 2.75) is 70.6 Å². The summed E-state index contributed by atoms with van der Waals surface area (Å²) in [6, 6.07) is 1.51. The highest BCUT2D eigenvalue weighted by molar-refractivity contribution is 4.86. The third-order valence-electron chi connectivity index (χ3n) is 4.52. The molecule has 0 amide bonds. The predicted molar refractivity (Wildman–Crippen MR) is 75.9 cm³/mol. The van der Waals surface area contributed by atoms with Crippen molar-refractivity contribution in [3.8, 4) is 0 Å². The third-order valence-corrected chi connectivity index (χ3v) is 4.52. The molecule has 0 aromatic heterocycles. The molecule has 0 radical (unpaired) electrons. The predicted octanol–water partition coefficient (Wildman–Crippen LogP) is 2.41. The first-order valence-electron chi connectivity index (χ1n) is 7.93. The summed E-state index contributed by atoms with van der Waals surface area (Å²) in [7, 11) is 0. The van der Waals surface area contributed by atoms with E-state index in [1.807, 2.05) is 0 Å². The normalized spacial score (nSPS) is 33.8. The van der Waals surface area contributed by atoms with Crippen molar-refractivity contribution >= 4 is 0 Å². The Hall–Kier alpha value is -0.120. The molecule has 0 saturated carbocycles. The Morgan fingerprint density at radius 2 is 2.11 bits per heavy atom. The minimum atomic E-state index is 0.513. The van der Waals surface area contributed by atoms with Crippen molar-refractivity contribution in [3.05, 3.63) is 0 Å². The van der Waals surface area contributed by atoms with E-state index in [1.165, 1.54) is 58.2 Å². The van der Waals surface area contributed by atoms with Crippen molar-refractivity contribution < 1.29 is 4.74 Å². The molecule has 106 valence electrons. The van der Waals surface area contributed by atoms with Gasteiger partial charge in [0.05, 0.1) is 6.10 Å². The van der Waals surface area contributed by atoms with Crippen molar-refractivity contribution in [3.63, 3.8) is 0 Å². The molecular weight excluding hydrogens is 224 g/mol. The van der Waals surface area contributed by atoms with Crippen molar-refractivity contribution in [2.75, 3.05) is 26.2 Å². The molecule has 0 aromatic rings. The average Bonchev–Trinajstić information content (AvgIpc) is 2.42. The lowest BCUT2D eigenvalue weighted by atomic mass is 9.95. The number of piperidine rings is 1. The summed E-state index contributed by atoms with van der Waals surface area (Å²) in [5.41, 5.74) is 0. The first kappa shape index (κ1) is 14.3. The van der Waals surface area contributed by atoms with Crippen LogP contribution in [0.3, 0.4) is 0 Å². The van der Waals surface area contributed by atoms with Gasteiger partial charge in [-0.1, -0.05) is 20.3 Å². The number of ether oxygens (including phenoxy) is 1. The molecule has 2 aliphatic rings. The Morgan fingerprint density at radius 3 is 2.78 bits per heavy atom. The number of nitrogens with zero attached hydrogens (tertiary/aromatic N) is 1. The van der Waals surface area contributed by atoms with Gasteiger partial charge in [-0.2, -0.15) is 0 Å². The third kappa shape index (κ3) is 3.69. The topological polar surface area (TPSA) is 24.5 Å². The maximum absolute atomic E-state index is 5.89. The van der Waals surface area contributed by atoms with Crippen LogP contribution in [0.25, 0.3) is 0 Å². The minimum absolute atomic E-state index is 0.513. The van der Waals surface area contributed by atoms with Crippen molar-refractivity contribution in [1.29, 1.82) is 0 Å². The van der Waals surface area contributed by atoms with Gasteiger partial charge in [-0.3, -0.25) is 4.90 Å². The van der Waals surface area contributed by atoms with Gasteiger partial charge in [0.2, 0.25) is 0 Å². The van der Waals surface area contributed by atoms with Crippen molar-refractivity contribution in [2.24, 2.45) is 0 Å².